The molecule has 0 aromatic heterocycles. The van der Waals surface area contributed by atoms with E-state index in [0.29, 0.717) is 12.2 Å². The maximum Gasteiger partial charge on any atom is 0.150 e. The molecule has 0 saturated carbocycles. The van der Waals surface area contributed by atoms with Crippen molar-refractivity contribution in [1.29, 1.82) is 0 Å². The van der Waals surface area contributed by atoms with Crippen LogP contribution in [0.3, 0.4) is 0 Å². The molecule has 0 saturated heterocycles. The number of hydrogen-bond acceptors (Lipinski definition) is 2. The van der Waals surface area contributed by atoms with Crippen LogP contribution in [0.15, 0.2) is 12.1 Å². The Kier molecular flexibility index (Phi) is 3.07. The Morgan fingerprint density at radius 3 is 2.62 bits per heavy atom. The van der Waals surface area contributed by atoms with Crippen LogP contribution < -0.4 is 4.74 Å². The topological polar surface area (TPSA) is 26.3 Å². The summed E-state index contributed by atoms with van der Waals surface area (Å²) in [6, 6.07) is 3.82. The molecule has 0 fully saturated rings. The van der Waals surface area contributed by atoms with Gasteiger partial charge in [0.2, 0.25) is 0 Å². The molecule has 1 aromatic carbocycles. The average molecular weight is 178 g/mol. The molecule has 0 heterocycles. The van der Waals surface area contributed by atoms with Crippen molar-refractivity contribution < 1.29 is 9.53 Å². The first kappa shape index (κ1) is 9.78. The number of ether oxygens (including phenoxy) is 1. The third-order valence-corrected chi connectivity index (χ3v) is 1.97. The highest BCUT2D eigenvalue weighted by Crippen LogP contribution is 2.22. The van der Waals surface area contributed by atoms with Gasteiger partial charge in [-0.3, -0.25) is 4.79 Å². The van der Waals surface area contributed by atoms with Crippen LogP contribution in [-0.4, -0.2) is 12.9 Å². The van der Waals surface area contributed by atoms with E-state index < -0.39 is 0 Å². The first-order valence-corrected chi connectivity index (χ1v) is 4.38. The Labute approximate surface area is 78.5 Å². The van der Waals surface area contributed by atoms with E-state index in [1.807, 2.05) is 32.9 Å². The molecular weight excluding hydrogens is 164 g/mol. The molecule has 0 aliphatic carbocycles. The van der Waals surface area contributed by atoms with Crippen molar-refractivity contribution in [1.82, 2.24) is 0 Å². The molecule has 2 heteroatoms. The molecule has 0 aliphatic heterocycles. The van der Waals surface area contributed by atoms with E-state index >= 15 is 0 Å². The van der Waals surface area contributed by atoms with Crippen LogP contribution in [0.4, 0.5) is 0 Å². The maximum absolute atomic E-state index is 10.7. The molecule has 0 amide bonds. The summed E-state index contributed by atoms with van der Waals surface area (Å²) in [5.74, 6) is 0.810. The number of benzene rings is 1. The van der Waals surface area contributed by atoms with Gasteiger partial charge in [0.15, 0.2) is 0 Å². The minimum absolute atomic E-state index is 0.628. The average Bonchev–Trinajstić information content (AvgIpc) is 2.11. The Morgan fingerprint density at radius 2 is 2.08 bits per heavy atom. The number of carbonyl (C=O) groups is 1. The molecule has 1 aromatic rings. The molecule has 0 aliphatic rings. The zero-order chi connectivity index (χ0) is 9.84. The van der Waals surface area contributed by atoms with Crippen LogP contribution in [0.1, 0.15) is 28.4 Å². The summed E-state index contributed by atoms with van der Waals surface area (Å²) in [6.45, 7) is 6.41. The molecule has 2 nitrogen and oxygen atoms in total. The molecule has 0 spiro atoms. The van der Waals surface area contributed by atoms with E-state index in [2.05, 4.69) is 0 Å². The van der Waals surface area contributed by atoms with Crippen molar-refractivity contribution in [2.75, 3.05) is 6.61 Å². The Morgan fingerprint density at radius 1 is 1.38 bits per heavy atom. The van der Waals surface area contributed by atoms with Crippen LogP contribution in [0.25, 0.3) is 0 Å². The van der Waals surface area contributed by atoms with Gasteiger partial charge in [0.1, 0.15) is 12.0 Å². The van der Waals surface area contributed by atoms with Gasteiger partial charge in [-0.1, -0.05) is 0 Å². The number of aryl methyl sites for hydroxylation is 1. The zero-order valence-corrected chi connectivity index (χ0v) is 8.26. The second-order valence-electron chi connectivity index (χ2n) is 3.03. The fourth-order valence-corrected chi connectivity index (χ4v) is 1.28. The lowest BCUT2D eigenvalue weighted by atomic mass is 10.1. The second kappa shape index (κ2) is 4.08. The van der Waals surface area contributed by atoms with Gasteiger partial charge in [-0.2, -0.15) is 0 Å². The highest BCUT2D eigenvalue weighted by Gasteiger charge is 2.05. The molecule has 0 bridgehead atoms. The predicted molar refractivity (Wildman–Crippen MR) is 52.5 cm³/mol. The Hall–Kier alpha value is -1.31. The van der Waals surface area contributed by atoms with Gasteiger partial charge in [0, 0.05) is 11.1 Å². The third-order valence-electron chi connectivity index (χ3n) is 1.97. The first-order valence-electron chi connectivity index (χ1n) is 4.38. The van der Waals surface area contributed by atoms with E-state index in [0.717, 1.165) is 23.2 Å². The van der Waals surface area contributed by atoms with Gasteiger partial charge in [-0.15, -0.1) is 0 Å². The van der Waals surface area contributed by atoms with Gasteiger partial charge in [0.05, 0.1) is 6.61 Å². The molecule has 70 valence electrons. The minimum atomic E-state index is 0.628. The van der Waals surface area contributed by atoms with Crippen LogP contribution in [0.5, 0.6) is 5.75 Å². The van der Waals surface area contributed by atoms with E-state index in [1.165, 1.54) is 0 Å². The summed E-state index contributed by atoms with van der Waals surface area (Å²) >= 11 is 0. The minimum Gasteiger partial charge on any atom is -0.494 e. The Balaban J connectivity index is 3.18. The highest BCUT2D eigenvalue weighted by atomic mass is 16.5. The molecule has 1 rings (SSSR count). The van der Waals surface area contributed by atoms with Crippen molar-refractivity contribution in [3.63, 3.8) is 0 Å². The van der Waals surface area contributed by atoms with E-state index in [-0.39, 0.29) is 0 Å². The van der Waals surface area contributed by atoms with E-state index in [4.69, 9.17) is 4.74 Å². The fraction of sp³-hybridized carbons (Fsp3) is 0.364. The highest BCUT2D eigenvalue weighted by molar-refractivity contribution is 5.79. The molecular formula is C11H14O2. The standard InChI is InChI=1S/C11H14O2/c1-4-13-11-6-8(2)5-10(7-12)9(11)3/h5-7H,4H2,1-3H3. The van der Waals surface area contributed by atoms with Crippen molar-refractivity contribution in [3.8, 4) is 5.75 Å². The molecule has 0 radical (unpaired) electrons. The second-order valence-corrected chi connectivity index (χ2v) is 3.03. The number of hydrogen-bond donors (Lipinski definition) is 0. The van der Waals surface area contributed by atoms with Crippen LogP contribution >= 0.6 is 0 Å². The van der Waals surface area contributed by atoms with Crippen molar-refractivity contribution in [2.45, 2.75) is 20.8 Å². The smallest absolute Gasteiger partial charge is 0.150 e. The summed E-state index contributed by atoms with van der Waals surface area (Å²) in [4.78, 5) is 10.7. The first-order chi connectivity index (χ1) is 6.19. The normalized spacial score (nSPS) is 9.77. The van der Waals surface area contributed by atoms with Gasteiger partial charge in [0.25, 0.3) is 0 Å². The van der Waals surface area contributed by atoms with Crippen molar-refractivity contribution in [2.24, 2.45) is 0 Å². The maximum atomic E-state index is 10.7. The molecule has 0 atom stereocenters. The van der Waals surface area contributed by atoms with Crippen LogP contribution in [0, 0.1) is 13.8 Å². The van der Waals surface area contributed by atoms with Gasteiger partial charge in [-0.25, -0.2) is 0 Å². The molecule has 0 N–H and O–H groups in total. The summed E-state index contributed by atoms with van der Waals surface area (Å²) in [5.41, 5.74) is 2.68. The SMILES string of the molecule is CCOc1cc(C)cc(C=O)c1C. The summed E-state index contributed by atoms with van der Waals surface area (Å²) < 4.78 is 5.40. The Bertz CT molecular complexity index is 316. The number of aldehydes is 1. The summed E-state index contributed by atoms with van der Waals surface area (Å²) in [7, 11) is 0. The van der Waals surface area contributed by atoms with E-state index in [9.17, 15) is 4.79 Å². The zero-order valence-electron chi connectivity index (χ0n) is 8.26. The van der Waals surface area contributed by atoms with Crippen molar-refractivity contribution in [3.05, 3.63) is 28.8 Å². The lowest BCUT2D eigenvalue weighted by Gasteiger charge is -2.09. The van der Waals surface area contributed by atoms with Gasteiger partial charge in [-0.05, 0) is 38.5 Å². The predicted octanol–water partition coefficient (Wildman–Crippen LogP) is 2.51. The number of rotatable bonds is 3. The third kappa shape index (κ3) is 2.08. The van der Waals surface area contributed by atoms with Crippen molar-refractivity contribution >= 4 is 6.29 Å². The van der Waals surface area contributed by atoms with Crippen LogP contribution in [0.2, 0.25) is 0 Å². The summed E-state index contributed by atoms with van der Waals surface area (Å²) in [6.07, 6.45) is 0.866. The lowest BCUT2D eigenvalue weighted by Crippen LogP contribution is -1.97. The van der Waals surface area contributed by atoms with Crippen LogP contribution in [-0.2, 0) is 0 Å². The summed E-state index contributed by atoms with van der Waals surface area (Å²) in [5, 5.41) is 0. The molecule has 0 unspecified atom stereocenters. The van der Waals surface area contributed by atoms with Gasteiger partial charge < -0.3 is 4.74 Å². The molecule has 13 heavy (non-hydrogen) atoms. The monoisotopic (exact) mass is 178 g/mol. The van der Waals surface area contributed by atoms with E-state index in [1.54, 1.807) is 0 Å². The quantitative estimate of drug-likeness (QED) is 0.665. The fourth-order valence-electron chi connectivity index (χ4n) is 1.28. The largest absolute Gasteiger partial charge is 0.494 e. The number of carbonyl (C=O) groups excluding carboxylic acids is 1. The van der Waals surface area contributed by atoms with Gasteiger partial charge >= 0.3 is 0 Å². The lowest BCUT2D eigenvalue weighted by molar-refractivity contribution is 0.112.